The van der Waals surface area contributed by atoms with Crippen LogP contribution in [0.2, 0.25) is 0 Å². The maximum absolute atomic E-state index is 14.3. The quantitative estimate of drug-likeness (QED) is 0.110. The summed E-state index contributed by atoms with van der Waals surface area (Å²) in [6, 6.07) is 8.84. The number of esters is 2. The third-order valence-electron chi connectivity index (χ3n) is 12.3. The van der Waals surface area contributed by atoms with Crippen LogP contribution in [0.15, 0.2) is 30.3 Å². The number of nitrogens with two attached hydrogens (primary N) is 1. The fourth-order valence-electron chi connectivity index (χ4n) is 9.10. The molecule has 4 aliphatic rings. The van der Waals surface area contributed by atoms with Gasteiger partial charge in [-0.25, -0.2) is 9.59 Å². The van der Waals surface area contributed by atoms with Crippen LogP contribution >= 0.6 is 0 Å². The van der Waals surface area contributed by atoms with Gasteiger partial charge in [-0.05, 0) is 12.5 Å². The summed E-state index contributed by atoms with van der Waals surface area (Å²) in [6.45, 7) is 7.83. The number of rotatable bonds is 12. The molecule has 14 heteroatoms. The molecule has 12 unspecified atom stereocenters. The fourth-order valence-corrected chi connectivity index (χ4v) is 9.10. The molecule has 14 nitrogen and oxygen atoms in total. The van der Waals surface area contributed by atoms with Crippen molar-refractivity contribution in [1.82, 2.24) is 0 Å². The number of aliphatic hydroxyl groups excluding tert-OH is 3. The first-order valence-corrected chi connectivity index (χ1v) is 17.3. The molecule has 4 bridgehead atoms. The Morgan fingerprint density at radius 2 is 1.70 bits per heavy atom. The summed E-state index contributed by atoms with van der Waals surface area (Å²) < 4.78 is 28.0. The van der Waals surface area contributed by atoms with E-state index in [4.69, 9.17) is 29.4 Å². The molecule has 0 amide bonds. The van der Waals surface area contributed by atoms with Crippen molar-refractivity contribution in [3.63, 3.8) is 0 Å². The van der Waals surface area contributed by atoms with Gasteiger partial charge in [0.1, 0.15) is 18.3 Å². The van der Waals surface area contributed by atoms with Crippen LogP contribution in [0.25, 0.3) is 0 Å². The van der Waals surface area contributed by atoms with E-state index in [2.05, 4.69) is 0 Å². The van der Waals surface area contributed by atoms with Crippen LogP contribution < -0.4 is 5.73 Å². The third kappa shape index (κ3) is 5.91. The van der Waals surface area contributed by atoms with Crippen LogP contribution in [0, 0.1) is 28.1 Å². The van der Waals surface area contributed by atoms with E-state index in [0.29, 0.717) is 18.7 Å². The Morgan fingerprint density at radius 1 is 1.04 bits per heavy atom. The first kappa shape index (κ1) is 38.4. The molecule has 278 valence electrons. The van der Waals surface area contributed by atoms with Gasteiger partial charge in [-0.2, -0.15) is 0 Å². The Kier molecular flexibility index (Phi) is 11.0. The van der Waals surface area contributed by atoms with Crippen molar-refractivity contribution in [3.8, 4) is 0 Å². The average molecular weight is 706 g/mol. The largest absolute Gasteiger partial charge is 0.459 e. The lowest BCUT2D eigenvalue weighted by Gasteiger charge is -2.65. The zero-order valence-electron chi connectivity index (χ0n) is 29.3. The lowest BCUT2D eigenvalue weighted by molar-refractivity contribution is -0.288. The molecular weight excluding hydrogens is 654 g/mol. The summed E-state index contributed by atoms with van der Waals surface area (Å²) in [6.07, 6.45) is -9.05. The topological polar surface area (TPSA) is 221 Å². The van der Waals surface area contributed by atoms with Crippen molar-refractivity contribution in [2.24, 2.45) is 33.8 Å². The molecule has 1 aromatic rings. The standard InChI is InChI=1S/C36H51NO13/c1-19(21-9-7-6-8-10-21)28(50-25(39)17-47-14-13-46-12-11-37)31(43)49-23-16-36(45)32(44)35-18-48-22(29(35)41)15-24(38)34(35,5)30(42)27(40)26(20(23)2)33(36,3)4/h6-10,19-20,22-24,26,28-29,32,38,41,44-45H,11-18,37H2,1-5H3. The van der Waals surface area contributed by atoms with Crippen molar-refractivity contribution >= 4 is 23.5 Å². The number of fused-ring (bicyclic) bond motifs is 3. The third-order valence-corrected chi connectivity index (χ3v) is 12.3. The van der Waals surface area contributed by atoms with Crippen LogP contribution in [0.4, 0.5) is 0 Å². The van der Waals surface area contributed by atoms with Gasteiger partial charge in [-0.1, -0.05) is 58.0 Å². The number of hydrogen-bond acceptors (Lipinski definition) is 14. The van der Waals surface area contributed by atoms with E-state index < -0.39 is 119 Å². The molecule has 1 saturated heterocycles. The molecule has 4 fully saturated rings. The molecule has 5 rings (SSSR count). The number of Topliss-reactive ketones (excluding diaryl/α,β-unsaturated/α-hetero) is 2. The molecule has 50 heavy (non-hydrogen) atoms. The monoisotopic (exact) mass is 705 g/mol. The Balaban J connectivity index is 1.46. The highest BCUT2D eigenvalue weighted by Crippen LogP contribution is 2.66. The first-order chi connectivity index (χ1) is 23.5. The van der Waals surface area contributed by atoms with Crippen LogP contribution in [0.5, 0.6) is 0 Å². The Hall–Kier alpha value is -2.82. The Labute approximate surface area is 291 Å². The van der Waals surface area contributed by atoms with Crippen LogP contribution in [-0.4, -0.2) is 126 Å². The zero-order chi connectivity index (χ0) is 36.8. The molecule has 0 aromatic heterocycles. The van der Waals surface area contributed by atoms with Crippen molar-refractivity contribution in [2.75, 3.05) is 39.6 Å². The predicted molar refractivity (Wildman–Crippen MR) is 174 cm³/mol. The number of aliphatic hydroxyl groups is 4. The van der Waals surface area contributed by atoms with Gasteiger partial charge in [-0.3, -0.25) is 9.59 Å². The second-order valence-electron chi connectivity index (χ2n) is 15.1. The minimum Gasteiger partial charge on any atom is -0.459 e. The highest BCUT2D eigenvalue weighted by molar-refractivity contribution is 6.40. The molecule has 1 aromatic carbocycles. The maximum atomic E-state index is 14.3. The Bertz CT molecular complexity index is 1440. The van der Waals surface area contributed by atoms with Crippen LogP contribution in [-0.2, 0) is 42.9 Å². The summed E-state index contributed by atoms with van der Waals surface area (Å²) in [4.78, 5) is 55.6. The first-order valence-electron chi connectivity index (χ1n) is 17.3. The summed E-state index contributed by atoms with van der Waals surface area (Å²) in [7, 11) is 0. The number of carbonyl (C=O) groups excluding carboxylic acids is 4. The minimum atomic E-state index is -2.24. The van der Waals surface area contributed by atoms with E-state index in [-0.39, 0.29) is 19.6 Å². The Morgan fingerprint density at radius 3 is 2.36 bits per heavy atom. The number of carbonyl (C=O) groups is 4. The average Bonchev–Trinajstić information content (AvgIpc) is 3.35. The molecule has 1 aliphatic heterocycles. The van der Waals surface area contributed by atoms with Gasteiger partial charge in [0, 0.05) is 42.6 Å². The van der Waals surface area contributed by atoms with Crippen molar-refractivity contribution in [2.45, 2.75) is 95.6 Å². The van der Waals surface area contributed by atoms with Gasteiger partial charge >= 0.3 is 11.9 Å². The van der Waals surface area contributed by atoms with E-state index in [1.165, 1.54) is 6.92 Å². The summed E-state index contributed by atoms with van der Waals surface area (Å²) in [5, 5.41) is 47.8. The predicted octanol–water partition coefficient (Wildman–Crippen LogP) is 0.0486. The fraction of sp³-hybridized carbons (Fsp3) is 0.722. The number of ketones is 2. The maximum Gasteiger partial charge on any atom is 0.348 e. The van der Waals surface area contributed by atoms with E-state index >= 15 is 0 Å². The van der Waals surface area contributed by atoms with Crippen molar-refractivity contribution < 1.29 is 63.3 Å². The lowest BCUT2D eigenvalue weighted by Crippen LogP contribution is -2.79. The molecule has 1 spiro atoms. The van der Waals surface area contributed by atoms with E-state index in [9.17, 15) is 39.6 Å². The van der Waals surface area contributed by atoms with Gasteiger partial charge in [0.05, 0.1) is 61.7 Å². The van der Waals surface area contributed by atoms with Crippen molar-refractivity contribution in [3.05, 3.63) is 35.9 Å². The summed E-state index contributed by atoms with van der Waals surface area (Å²) >= 11 is 0. The number of benzene rings is 1. The highest BCUT2D eigenvalue weighted by atomic mass is 16.6. The van der Waals surface area contributed by atoms with Crippen LogP contribution in [0.3, 0.4) is 0 Å². The lowest BCUT2D eigenvalue weighted by atomic mass is 9.40. The highest BCUT2D eigenvalue weighted by Gasteiger charge is 2.79. The number of ether oxygens (including phenoxy) is 5. The molecule has 12 atom stereocenters. The molecule has 0 radical (unpaired) electrons. The number of hydrogen-bond donors (Lipinski definition) is 5. The smallest absolute Gasteiger partial charge is 0.348 e. The molecule has 1 heterocycles. The van der Waals surface area contributed by atoms with E-state index in [0.717, 1.165) is 0 Å². The van der Waals surface area contributed by atoms with Gasteiger partial charge in [0.25, 0.3) is 0 Å². The van der Waals surface area contributed by atoms with Crippen molar-refractivity contribution in [1.29, 1.82) is 0 Å². The van der Waals surface area contributed by atoms with Gasteiger partial charge < -0.3 is 49.8 Å². The van der Waals surface area contributed by atoms with Gasteiger partial charge in [-0.15, -0.1) is 0 Å². The molecule has 6 N–H and O–H groups in total. The van der Waals surface area contributed by atoms with Gasteiger partial charge in [0.2, 0.25) is 17.7 Å². The SMILES string of the molecule is CC(c1ccccc1)C(OC(=O)COCCOCCN)C(=O)OC1CC2(O)C(O)C34COC(CC(O)C3(C)C(=O)C(=O)C(C1C)C2(C)C)C4O. The zero-order valence-corrected chi connectivity index (χ0v) is 29.3. The second-order valence-corrected chi connectivity index (χ2v) is 15.1. The van der Waals surface area contributed by atoms with E-state index in [1.54, 1.807) is 58.0 Å². The van der Waals surface area contributed by atoms with Crippen LogP contribution in [0.1, 0.15) is 58.9 Å². The molecular formula is C36H51NO13. The normalized spacial score (nSPS) is 38.7. The molecule has 3 aliphatic carbocycles. The minimum absolute atomic E-state index is 0.0842. The van der Waals surface area contributed by atoms with E-state index in [1.807, 2.05) is 0 Å². The van der Waals surface area contributed by atoms with Gasteiger partial charge in [0.15, 0.2) is 0 Å². The summed E-state index contributed by atoms with van der Waals surface area (Å²) in [5.41, 5.74) is -1.59. The second kappa shape index (κ2) is 14.3. The summed E-state index contributed by atoms with van der Waals surface area (Å²) in [5.74, 6) is -6.57. The molecule has 3 saturated carbocycles.